The van der Waals surface area contributed by atoms with Crippen LogP contribution in [0, 0.1) is 0 Å². The first-order chi connectivity index (χ1) is 9.15. The molecule has 1 heterocycles. The molecule has 2 unspecified atom stereocenters. The van der Waals surface area contributed by atoms with Crippen LogP contribution in [0.1, 0.15) is 45.4 Å². The smallest absolute Gasteiger partial charge is 0.241 e. The Hall–Kier alpha value is -0.610. The molecule has 1 aliphatic heterocycles. The number of likely N-dealkylation sites (N-methyl/N-ethyl adjacent to an activating group) is 2. The van der Waals surface area contributed by atoms with Crippen molar-refractivity contribution < 1.29 is 4.79 Å². The molecule has 2 fully saturated rings. The summed E-state index contributed by atoms with van der Waals surface area (Å²) in [6.45, 7) is 3.91. The summed E-state index contributed by atoms with van der Waals surface area (Å²) in [5.74, 6) is 0.289. The second kappa shape index (κ2) is 6.71. The molecule has 0 radical (unpaired) electrons. The van der Waals surface area contributed by atoms with Gasteiger partial charge in [-0.2, -0.15) is 0 Å². The maximum atomic E-state index is 12.4. The van der Waals surface area contributed by atoms with Gasteiger partial charge in [0.1, 0.15) is 6.04 Å². The Kier molecular flexibility index (Phi) is 5.22. The highest BCUT2D eigenvalue weighted by Gasteiger charge is 2.40. The van der Waals surface area contributed by atoms with Gasteiger partial charge in [0.15, 0.2) is 0 Å². The van der Waals surface area contributed by atoms with E-state index >= 15 is 0 Å². The zero-order valence-electron chi connectivity index (χ0n) is 12.7. The molecule has 1 saturated carbocycles. The highest BCUT2D eigenvalue weighted by Crippen LogP contribution is 2.28. The molecule has 0 bridgehead atoms. The molecule has 0 aromatic heterocycles. The summed E-state index contributed by atoms with van der Waals surface area (Å²) in [4.78, 5) is 16.9. The number of piperazine rings is 1. The zero-order valence-corrected chi connectivity index (χ0v) is 12.7. The number of amides is 1. The minimum atomic E-state index is 0.0295. The van der Waals surface area contributed by atoms with Crippen LogP contribution in [-0.4, -0.2) is 61.0 Å². The van der Waals surface area contributed by atoms with Gasteiger partial charge in [0, 0.05) is 32.2 Å². The van der Waals surface area contributed by atoms with Crippen LogP contribution in [0.3, 0.4) is 0 Å². The number of hydrogen-bond donors (Lipinski definition) is 1. The lowest BCUT2D eigenvalue weighted by molar-refractivity contribution is -0.145. The lowest BCUT2D eigenvalue weighted by Crippen LogP contribution is -2.65. The largest absolute Gasteiger partial charge is 0.343 e. The van der Waals surface area contributed by atoms with Gasteiger partial charge in [-0.15, -0.1) is 0 Å². The van der Waals surface area contributed by atoms with Crippen LogP contribution in [0.4, 0.5) is 0 Å². The van der Waals surface area contributed by atoms with E-state index in [2.05, 4.69) is 17.1 Å². The first kappa shape index (κ1) is 14.8. The molecule has 2 rings (SSSR count). The second-order valence-electron chi connectivity index (χ2n) is 6.23. The van der Waals surface area contributed by atoms with E-state index in [4.69, 9.17) is 0 Å². The van der Waals surface area contributed by atoms with Crippen LogP contribution in [0.5, 0.6) is 0 Å². The molecule has 0 spiro atoms. The van der Waals surface area contributed by atoms with Crippen LogP contribution in [0.15, 0.2) is 0 Å². The van der Waals surface area contributed by atoms with Gasteiger partial charge < -0.3 is 10.2 Å². The fourth-order valence-corrected chi connectivity index (χ4v) is 3.83. The molecule has 0 aromatic carbocycles. The number of carbonyl (C=O) groups excluding carboxylic acids is 1. The number of carbonyl (C=O) groups is 1. The lowest BCUT2D eigenvalue weighted by Gasteiger charge is -2.47. The molecule has 1 N–H and O–H groups in total. The fourth-order valence-electron chi connectivity index (χ4n) is 3.83. The SMILES string of the molecule is CNCC1C(=O)N(C)CC(C)N1C1CCCCCC1. The third-order valence-corrected chi connectivity index (χ3v) is 4.71. The van der Waals surface area contributed by atoms with E-state index in [1.165, 1.54) is 38.5 Å². The van der Waals surface area contributed by atoms with Crippen molar-refractivity contribution in [1.29, 1.82) is 0 Å². The fraction of sp³-hybridized carbons (Fsp3) is 0.933. The summed E-state index contributed by atoms with van der Waals surface area (Å²) < 4.78 is 0. The standard InChI is InChI=1S/C15H29N3O/c1-12-11-17(3)15(19)14(10-16-2)18(12)13-8-6-4-5-7-9-13/h12-14,16H,4-11H2,1-3H3. The van der Waals surface area contributed by atoms with Gasteiger partial charge in [0.05, 0.1) is 0 Å². The molecule has 19 heavy (non-hydrogen) atoms. The molecule has 0 aromatic rings. The summed E-state index contributed by atoms with van der Waals surface area (Å²) >= 11 is 0. The Balaban J connectivity index is 2.14. The summed E-state index contributed by atoms with van der Waals surface area (Å²) in [5.41, 5.74) is 0. The predicted molar refractivity (Wildman–Crippen MR) is 78.1 cm³/mol. The molecule has 110 valence electrons. The molecular formula is C15H29N3O. The zero-order chi connectivity index (χ0) is 13.8. The molecule has 2 atom stereocenters. The van der Waals surface area contributed by atoms with Crippen molar-refractivity contribution in [2.75, 3.05) is 27.2 Å². The first-order valence-corrected chi connectivity index (χ1v) is 7.82. The normalized spacial score (nSPS) is 31.5. The Labute approximate surface area is 117 Å². The van der Waals surface area contributed by atoms with E-state index in [9.17, 15) is 4.79 Å². The Bertz CT molecular complexity index is 300. The van der Waals surface area contributed by atoms with Gasteiger partial charge in [-0.1, -0.05) is 25.7 Å². The third kappa shape index (κ3) is 3.29. The summed E-state index contributed by atoms with van der Waals surface area (Å²) in [6, 6.07) is 1.11. The molecule has 4 heteroatoms. The topological polar surface area (TPSA) is 35.6 Å². The Morgan fingerprint density at radius 1 is 1.21 bits per heavy atom. The molecular weight excluding hydrogens is 238 g/mol. The lowest BCUT2D eigenvalue weighted by atomic mass is 9.98. The molecule has 1 amide bonds. The third-order valence-electron chi connectivity index (χ3n) is 4.71. The minimum Gasteiger partial charge on any atom is -0.343 e. The van der Waals surface area contributed by atoms with Gasteiger partial charge in [-0.3, -0.25) is 9.69 Å². The van der Waals surface area contributed by atoms with Crippen LogP contribution in [0.25, 0.3) is 0 Å². The summed E-state index contributed by atoms with van der Waals surface area (Å²) in [6.07, 6.45) is 7.91. The van der Waals surface area contributed by atoms with Crippen molar-refractivity contribution in [1.82, 2.24) is 15.1 Å². The number of rotatable bonds is 3. The molecule has 4 nitrogen and oxygen atoms in total. The summed E-state index contributed by atoms with van der Waals surface area (Å²) in [5, 5.41) is 3.20. The maximum Gasteiger partial charge on any atom is 0.241 e. The number of hydrogen-bond acceptors (Lipinski definition) is 3. The van der Waals surface area contributed by atoms with Crippen LogP contribution >= 0.6 is 0 Å². The first-order valence-electron chi connectivity index (χ1n) is 7.82. The van der Waals surface area contributed by atoms with E-state index in [-0.39, 0.29) is 11.9 Å². The van der Waals surface area contributed by atoms with E-state index in [0.717, 1.165) is 13.1 Å². The van der Waals surface area contributed by atoms with Crippen LogP contribution in [0.2, 0.25) is 0 Å². The van der Waals surface area contributed by atoms with Crippen molar-refractivity contribution in [3.63, 3.8) is 0 Å². The monoisotopic (exact) mass is 267 g/mol. The molecule has 1 saturated heterocycles. The van der Waals surface area contributed by atoms with Gasteiger partial charge in [-0.05, 0) is 26.8 Å². The van der Waals surface area contributed by atoms with Gasteiger partial charge in [0.2, 0.25) is 5.91 Å². The molecule has 2 aliphatic rings. The molecule has 1 aliphatic carbocycles. The van der Waals surface area contributed by atoms with E-state index < -0.39 is 0 Å². The maximum absolute atomic E-state index is 12.4. The van der Waals surface area contributed by atoms with E-state index in [0.29, 0.717) is 12.1 Å². The minimum absolute atomic E-state index is 0.0295. The van der Waals surface area contributed by atoms with Crippen LogP contribution in [-0.2, 0) is 4.79 Å². The highest BCUT2D eigenvalue weighted by molar-refractivity contribution is 5.83. The van der Waals surface area contributed by atoms with Crippen molar-refractivity contribution in [2.24, 2.45) is 0 Å². The van der Waals surface area contributed by atoms with Crippen molar-refractivity contribution in [3.8, 4) is 0 Å². The Morgan fingerprint density at radius 3 is 2.42 bits per heavy atom. The average Bonchev–Trinajstić information content (AvgIpc) is 2.65. The number of nitrogens with one attached hydrogen (secondary N) is 1. The van der Waals surface area contributed by atoms with E-state index in [1.54, 1.807) is 0 Å². The highest BCUT2D eigenvalue weighted by atomic mass is 16.2. The second-order valence-corrected chi connectivity index (χ2v) is 6.23. The average molecular weight is 267 g/mol. The van der Waals surface area contributed by atoms with Crippen LogP contribution < -0.4 is 5.32 Å². The van der Waals surface area contributed by atoms with Gasteiger partial charge in [-0.25, -0.2) is 0 Å². The quantitative estimate of drug-likeness (QED) is 0.786. The van der Waals surface area contributed by atoms with Crippen molar-refractivity contribution in [3.05, 3.63) is 0 Å². The Morgan fingerprint density at radius 2 is 1.84 bits per heavy atom. The number of nitrogens with zero attached hydrogens (tertiary/aromatic N) is 2. The summed E-state index contributed by atoms with van der Waals surface area (Å²) in [7, 11) is 3.88. The van der Waals surface area contributed by atoms with E-state index in [1.807, 2.05) is 19.0 Å². The van der Waals surface area contributed by atoms with Gasteiger partial charge in [0.25, 0.3) is 0 Å². The van der Waals surface area contributed by atoms with Crippen molar-refractivity contribution in [2.45, 2.75) is 63.6 Å². The van der Waals surface area contributed by atoms with Gasteiger partial charge >= 0.3 is 0 Å². The predicted octanol–water partition coefficient (Wildman–Crippen LogP) is 1.46. The van der Waals surface area contributed by atoms with Crippen molar-refractivity contribution >= 4 is 5.91 Å².